The summed E-state index contributed by atoms with van der Waals surface area (Å²) in [6, 6.07) is 0. The van der Waals surface area contributed by atoms with Crippen LogP contribution in [0.3, 0.4) is 0 Å². The van der Waals surface area contributed by atoms with Crippen molar-refractivity contribution in [2.24, 2.45) is 0 Å². The standard InChI is InChI=1S/C7H13ClO/c1-2-3-4-6-7(5-8)9-6/h6-7H,2-5H2,1H3. The summed E-state index contributed by atoms with van der Waals surface area (Å²) in [7, 11) is 0. The highest BCUT2D eigenvalue weighted by Crippen LogP contribution is 2.27. The Balaban J connectivity index is 1.92. The molecule has 1 nitrogen and oxygen atoms in total. The molecule has 2 heteroatoms. The monoisotopic (exact) mass is 148 g/mol. The third-order valence-corrected chi connectivity index (χ3v) is 1.99. The highest BCUT2D eigenvalue weighted by molar-refractivity contribution is 6.18. The Morgan fingerprint density at radius 3 is 2.67 bits per heavy atom. The van der Waals surface area contributed by atoms with E-state index in [2.05, 4.69) is 6.92 Å². The number of hydrogen-bond donors (Lipinski definition) is 0. The number of epoxide rings is 1. The van der Waals surface area contributed by atoms with Crippen LogP contribution < -0.4 is 0 Å². The molecule has 0 aromatic heterocycles. The van der Waals surface area contributed by atoms with Gasteiger partial charge in [0.25, 0.3) is 0 Å². The molecular weight excluding hydrogens is 136 g/mol. The van der Waals surface area contributed by atoms with Crippen LogP contribution in [0.25, 0.3) is 0 Å². The number of halogens is 1. The highest BCUT2D eigenvalue weighted by Gasteiger charge is 2.36. The Hall–Kier alpha value is 0.250. The first kappa shape index (κ1) is 7.36. The largest absolute Gasteiger partial charge is 0.368 e. The zero-order valence-electron chi connectivity index (χ0n) is 5.77. The molecule has 0 radical (unpaired) electrons. The SMILES string of the molecule is CCCCC1OC1CCl. The topological polar surface area (TPSA) is 12.5 Å². The molecular formula is C7H13ClO. The van der Waals surface area contributed by atoms with Crippen LogP contribution in [0.2, 0.25) is 0 Å². The lowest BCUT2D eigenvalue weighted by Crippen LogP contribution is -1.93. The van der Waals surface area contributed by atoms with Crippen LogP contribution in [0, 0.1) is 0 Å². The van der Waals surface area contributed by atoms with E-state index >= 15 is 0 Å². The molecule has 1 rings (SSSR count). The third kappa shape index (κ3) is 2.15. The summed E-state index contributed by atoms with van der Waals surface area (Å²) in [4.78, 5) is 0. The summed E-state index contributed by atoms with van der Waals surface area (Å²) in [6.45, 7) is 2.19. The number of ether oxygens (including phenoxy) is 1. The van der Waals surface area contributed by atoms with E-state index in [1.54, 1.807) is 0 Å². The predicted molar refractivity (Wildman–Crippen MR) is 38.9 cm³/mol. The molecule has 1 fully saturated rings. The van der Waals surface area contributed by atoms with Crippen molar-refractivity contribution in [3.63, 3.8) is 0 Å². The molecule has 0 spiro atoms. The molecule has 1 saturated heterocycles. The van der Waals surface area contributed by atoms with E-state index < -0.39 is 0 Å². The minimum atomic E-state index is 0.387. The Morgan fingerprint density at radius 2 is 2.22 bits per heavy atom. The zero-order valence-corrected chi connectivity index (χ0v) is 6.53. The summed E-state index contributed by atoms with van der Waals surface area (Å²) in [5, 5.41) is 0. The first-order valence-corrected chi connectivity index (χ1v) is 4.13. The third-order valence-electron chi connectivity index (χ3n) is 1.68. The molecule has 0 amide bonds. The summed E-state index contributed by atoms with van der Waals surface area (Å²) < 4.78 is 5.24. The van der Waals surface area contributed by atoms with Crippen LogP contribution in [-0.2, 0) is 4.74 Å². The van der Waals surface area contributed by atoms with Crippen molar-refractivity contribution in [1.29, 1.82) is 0 Å². The maximum atomic E-state index is 5.55. The summed E-state index contributed by atoms with van der Waals surface area (Å²) >= 11 is 5.55. The van der Waals surface area contributed by atoms with E-state index in [1.807, 2.05) is 0 Å². The average molecular weight is 149 g/mol. The first-order valence-electron chi connectivity index (χ1n) is 3.60. The maximum absolute atomic E-state index is 5.55. The molecule has 0 bridgehead atoms. The van der Waals surface area contributed by atoms with Crippen molar-refractivity contribution in [2.45, 2.75) is 38.4 Å². The van der Waals surface area contributed by atoms with E-state index in [9.17, 15) is 0 Å². The normalized spacial score (nSPS) is 32.7. The Labute approximate surface area is 61.3 Å². The quantitative estimate of drug-likeness (QED) is 0.440. The fourth-order valence-electron chi connectivity index (χ4n) is 0.974. The smallest absolute Gasteiger partial charge is 0.0976 e. The molecule has 1 aliphatic heterocycles. The van der Waals surface area contributed by atoms with Crippen molar-refractivity contribution in [2.75, 3.05) is 5.88 Å². The second-order valence-corrected chi connectivity index (χ2v) is 2.82. The van der Waals surface area contributed by atoms with Crippen molar-refractivity contribution >= 4 is 11.6 Å². The minimum absolute atomic E-state index is 0.387. The van der Waals surface area contributed by atoms with Gasteiger partial charge < -0.3 is 4.74 Å². The molecule has 0 aliphatic carbocycles. The molecule has 2 unspecified atom stereocenters. The van der Waals surface area contributed by atoms with Crippen LogP contribution in [0.15, 0.2) is 0 Å². The fourth-order valence-corrected chi connectivity index (χ4v) is 1.25. The lowest BCUT2D eigenvalue weighted by Gasteiger charge is -1.88. The van der Waals surface area contributed by atoms with Gasteiger partial charge in [-0.15, -0.1) is 11.6 Å². The predicted octanol–water partition coefficient (Wildman–Crippen LogP) is 2.18. The van der Waals surface area contributed by atoms with Crippen LogP contribution >= 0.6 is 11.6 Å². The molecule has 0 N–H and O–H groups in total. The molecule has 2 atom stereocenters. The van der Waals surface area contributed by atoms with E-state index in [-0.39, 0.29) is 0 Å². The van der Waals surface area contributed by atoms with Gasteiger partial charge in [0, 0.05) is 0 Å². The van der Waals surface area contributed by atoms with Crippen LogP contribution in [0.4, 0.5) is 0 Å². The number of alkyl halides is 1. The minimum Gasteiger partial charge on any atom is -0.368 e. The van der Waals surface area contributed by atoms with E-state index in [0.29, 0.717) is 18.1 Å². The van der Waals surface area contributed by atoms with Gasteiger partial charge in [0.15, 0.2) is 0 Å². The second-order valence-electron chi connectivity index (χ2n) is 2.51. The lowest BCUT2D eigenvalue weighted by atomic mass is 10.2. The van der Waals surface area contributed by atoms with Crippen LogP contribution in [0.1, 0.15) is 26.2 Å². The number of rotatable bonds is 4. The van der Waals surface area contributed by atoms with E-state index in [0.717, 1.165) is 0 Å². The Kier molecular flexibility index (Phi) is 2.80. The molecule has 0 aromatic carbocycles. The Morgan fingerprint density at radius 1 is 1.44 bits per heavy atom. The van der Waals surface area contributed by atoms with Crippen molar-refractivity contribution in [3.8, 4) is 0 Å². The van der Waals surface area contributed by atoms with Gasteiger partial charge >= 0.3 is 0 Å². The van der Waals surface area contributed by atoms with E-state index in [4.69, 9.17) is 16.3 Å². The Bertz CT molecular complexity index is 85.0. The van der Waals surface area contributed by atoms with Gasteiger partial charge in [-0.05, 0) is 6.42 Å². The van der Waals surface area contributed by atoms with Gasteiger partial charge in [-0.25, -0.2) is 0 Å². The van der Waals surface area contributed by atoms with E-state index in [1.165, 1.54) is 19.3 Å². The molecule has 1 aliphatic rings. The first-order chi connectivity index (χ1) is 4.38. The summed E-state index contributed by atoms with van der Waals surface area (Å²) in [5.41, 5.74) is 0. The average Bonchev–Trinajstić information content (AvgIpc) is 2.62. The van der Waals surface area contributed by atoms with Crippen molar-refractivity contribution < 1.29 is 4.74 Å². The summed E-state index contributed by atoms with van der Waals surface area (Å²) in [5.74, 6) is 0.675. The van der Waals surface area contributed by atoms with Gasteiger partial charge in [0.1, 0.15) is 0 Å². The fraction of sp³-hybridized carbons (Fsp3) is 1.00. The van der Waals surface area contributed by atoms with Gasteiger partial charge in [-0.2, -0.15) is 0 Å². The van der Waals surface area contributed by atoms with Gasteiger partial charge in [-0.3, -0.25) is 0 Å². The molecule has 0 saturated carbocycles. The lowest BCUT2D eigenvalue weighted by molar-refractivity contribution is 0.367. The molecule has 54 valence electrons. The molecule has 9 heavy (non-hydrogen) atoms. The number of hydrogen-bond acceptors (Lipinski definition) is 1. The highest BCUT2D eigenvalue weighted by atomic mass is 35.5. The molecule has 0 aromatic rings. The second kappa shape index (κ2) is 3.43. The summed E-state index contributed by atoms with van der Waals surface area (Å²) in [6.07, 6.45) is 4.63. The zero-order chi connectivity index (χ0) is 6.69. The molecule has 1 heterocycles. The van der Waals surface area contributed by atoms with Crippen molar-refractivity contribution in [1.82, 2.24) is 0 Å². The van der Waals surface area contributed by atoms with Crippen LogP contribution in [-0.4, -0.2) is 18.1 Å². The van der Waals surface area contributed by atoms with Gasteiger partial charge in [0.2, 0.25) is 0 Å². The van der Waals surface area contributed by atoms with Gasteiger partial charge in [0.05, 0.1) is 18.1 Å². The van der Waals surface area contributed by atoms with Crippen LogP contribution in [0.5, 0.6) is 0 Å². The number of unbranched alkanes of at least 4 members (excludes halogenated alkanes) is 1. The van der Waals surface area contributed by atoms with Gasteiger partial charge in [-0.1, -0.05) is 19.8 Å². The van der Waals surface area contributed by atoms with Crippen molar-refractivity contribution in [3.05, 3.63) is 0 Å². The maximum Gasteiger partial charge on any atom is 0.0976 e.